The van der Waals surface area contributed by atoms with Gasteiger partial charge in [-0.25, -0.2) is 9.59 Å². The summed E-state index contributed by atoms with van der Waals surface area (Å²) < 4.78 is 5.32. The number of carbonyl (C=O) groups excluding carboxylic acids is 2. The Morgan fingerprint density at radius 1 is 1.03 bits per heavy atom. The van der Waals surface area contributed by atoms with E-state index < -0.39 is 17.7 Å². The van der Waals surface area contributed by atoms with Gasteiger partial charge in [0.25, 0.3) is 5.91 Å². The van der Waals surface area contributed by atoms with Crippen LogP contribution in [0.15, 0.2) is 73.1 Å². The first-order valence-electron chi connectivity index (χ1n) is 10.9. The molecule has 1 aromatic heterocycles. The number of pyridine rings is 1. The first-order valence-corrected chi connectivity index (χ1v) is 10.9. The van der Waals surface area contributed by atoms with Crippen molar-refractivity contribution in [1.82, 2.24) is 10.3 Å². The minimum Gasteiger partial charge on any atom is -0.478 e. The van der Waals surface area contributed by atoms with Gasteiger partial charge in [-0.1, -0.05) is 24.3 Å². The van der Waals surface area contributed by atoms with Crippen molar-refractivity contribution in [3.63, 3.8) is 0 Å². The van der Waals surface area contributed by atoms with Crippen LogP contribution >= 0.6 is 0 Å². The van der Waals surface area contributed by atoms with Crippen molar-refractivity contribution in [2.45, 2.75) is 32.9 Å². The smallest absolute Gasteiger partial charge is 0.407 e. The van der Waals surface area contributed by atoms with Gasteiger partial charge in [0.05, 0.1) is 0 Å². The van der Waals surface area contributed by atoms with Gasteiger partial charge >= 0.3 is 12.1 Å². The topological polar surface area (TPSA) is 118 Å². The largest absolute Gasteiger partial charge is 0.478 e. The quantitative estimate of drug-likeness (QED) is 0.410. The van der Waals surface area contributed by atoms with E-state index >= 15 is 0 Å². The number of hydrogen-bond acceptors (Lipinski definition) is 5. The lowest BCUT2D eigenvalue weighted by Gasteiger charge is -2.20. The van der Waals surface area contributed by atoms with Crippen LogP contribution in [0.4, 0.5) is 10.5 Å². The van der Waals surface area contributed by atoms with Crippen LogP contribution in [0.5, 0.6) is 0 Å². The van der Waals surface area contributed by atoms with Crippen molar-refractivity contribution in [3.05, 3.63) is 89.8 Å². The monoisotopic (exact) mass is 473 g/mol. The van der Waals surface area contributed by atoms with Crippen molar-refractivity contribution in [1.29, 1.82) is 0 Å². The van der Waals surface area contributed by atoms with Gasteiger partial charge < -0.3 is 20.5 Å². The molecule has 2 amide bonds. The summed E-state index contributed by atoms with van der Waals surface area (Å²) >= 11 is 0. The standard InChI is InChI=1S/C27H27N3O5/c1-27(2,3)35-26(34)29-17-21-9-8-20(25(33)30-22-11-13-28-14-12-22)16-23(21)19-6-4-5-18(15-19)7-10-24(31)32/h4-16H,17H2,1-3H3,(H,29,34)(H,31,32)(H,28,30,33)/b10-7+. The third kappa shape index (κ3) is 7.82. The molecule has 3 N–H and O–H groups in total. The number of nitrogens with zero attached hydrogens (tertiary/aromatic N) is 1. The van der Waals surface area contributed by atoms with Crippen LogP contribution in [0.2, 0.25) is 0 Å². The second kappa shape index (κ2) is 11.1. The molecule has 180 valence electrons. The molecule has 0 radical (unpaired) electrons. The Morgan fingerprint density at radius 2 is 1.77 bits per heavy atom. The number of hydrogen-bond donors (Lipinski definition) is 3. The van der Waals surface area contributed by atoms with Gasteiger partial charge in [0, 0.05) is 36.3 Å². The van der Waals surface area contributed by atoms with Crippen molar-refractivity contribution >= 4 is 29.7 Å². The van der Waals surface area contributed by atoms with Crippen LogP contribution in [-0.2, 0) is 16.1 Å². The van der Waals surface area contributed by atoms with Gasteiger partial charge in [-0.3, -0.25) is 9.78 Å². The summed E-state index contributed by atoms with van der Waals surface area (Å²) in [4.78, 5) is 39.9. The Balaban J connectivity index is 1.94. The molecule has 0 aliphatic heterocycles. The van der Waals surface area contributed by atoms with Gasteiger partial charge in [0.1, 0.15) is 5.60 Å². The Labute approximate surface area is 203 Å². The van der Waals surface area contributed by atoms with Gasteiger partial charge in [-0.15, -0.1) is 0 Å². The fourth-order valence-corrected chi connectivity index (χ4v) is 3.24. The highest BCUT2D eigenvalue weighted by Crippen LogP contribution is 2.27. The minimum absolute atomic E-state index is 0.172. The maximum absolute atomic E-state index is 12.9. The number of aromatic nitrogens is 1. The molecule has 0 unspecified atom stereocenters. The second-order valence-electron chi connectivity index (χ2n) is 8.71. The number of anilines is 1. The van der Waals surface area contributed by atoms with Crippen molar-refractivity contribution in [2.24, 2.45) is 0 Å². The molecule has 0 aliphatic rings. The summed E-state index contributed by atoms with van der Waals surface area (Å²) in [6.07, 6.45) is 5.17. The van der Waals surface area contributed by atoms with Gasteiger partial charge in [-0.2, -0.15) is 0 Å². The number of rotatable bonds is 7. The molecule has 0 atom stereocenters. The summed E-state index contributed by atoms with van der Waals surface area (Å²) in [7, 11) is 0. The first-order chi connectivity index (χ1) is 16.6. The van der Waals surface area contributed by atoms with E-state index in [0.717, 1.165) is 17.2 Å². The highest BCUT2D eigenvalue weighted by molar-refractivity contribution is 6.05. The molecule has 0 aliphatic carbocycles. The lowest BCUT2D eigenvalue weighted by atomic mass is 9.95. The fourth-order valence-electron chi connectivity index (χ4n) is 3.24. The maximum atomic E-state index is 12.9. The van der Waals surface area contributed by atoms with Crippen molar-refractivity contribution in [2.75, 3.05) is 5.32 Å². The highest BCUT2D eigenvalue weighted by atomic mass is 16.6. The summed E-state index contributed by atoms with van der Waals surface area (Å²) in [5, 5.41) is 14.5. The number of carboxylic acid groups (broad SMARTS) is 1. The van der Waals surface area contributed by atoms with Gasteiger partial charge in [-0.05, 0) is 79.4 Å². The van der Waals surface area contributed by atoms with Crippen molar-refractivity contribution < 1.29 is 24.2 Å². The molecule has 0 spiro atoms. The van der Waals surface area contributed by atoms with Crippen LogP contribution < -0.4 is 10.6 Å². The summed E-state index contributed by atoms with van der Waals surface area (Å²) in [6.45, 7) is 5.52. The van der Waals surface area contributed by atoms with E-state index in [-0.39, 0.29) is 12.5 Å². The fraction of sp³-hybridized carbons (Fsp3) is 0.185. The molecule has 0 fully saturated rings. The highest BCUT2D eigenvalue weighted by Gasteiger charge is 2.17. The second-order valence-corrected chi connectivity index (χ2v) is 8.71. The number of amides is 2. The molecular formula is C27H27N3O5. The van der Waals surface area contributed by atoms with E-state index in [0.29, 0.717) is 22.4 Å². The molecule has 0 saturated heterocycles. The zero-order valence-electron chi connectivity index (χ0n) is 19.7. The maximum Gasteiger partial charge on any atom is 0.407 e. The predicted octanol–water partition coefficient (Wildman–Crippen LogP) is 5.12. The Morgan fingerprint density at radius 3 is 2.46 bits per heavy atom. The number of carboxylic acids is 1. The van der Waals surface area contributed by atoms with Crippen LogP contribution in [0.1, 0.15) is 42.3 Å². The molecule has 8 nitrogen and oxygen atoms in total. The number of benzene rings is 2. The Bertz CT molecular complexity index is 1250. The van der Waals surface area contributed by atoms with E-state index in [1.165, 1.54) is 6.08 Å². The van der Waals surface area contributed by atoms with Gasteiger partial charge in [0.15, 0.2) is 0 Å². The van der Waals surface area contributed by atoms with Crippen LogP contribution in [0, 0.1) is 0 Å². The zero-order chi connectivity index (χ0) is 25.4. The van der Waals surface area contributed by atoms with E-state index in [4.69, 9.17) is 9.84 Å². The van der Waals surface area contributed by atoms with E-state index in [1.54, 1.807) is 75.6 Å². The lowest BCUT2D eigenvalue weighted by molar-refractivity contribution is -0.131. The van der Waals surface area contributed by atoms with Crippen LogP contribution in [0.3, 0.4) is 0 Å². The third-order valence-electron chi connectivity index (χ3n) is 4.75. The lowest BCUT2D eigenvalue weighted by Crippen LogP contribution is -2.32. The molecular weight excluding hydrogens is 446 g/mol. The average molecular weight is 474 g/mol. The molecule has 35 heavy (non-hydrogen) atoms. The molecule has 2 aromatic carbocycles. The van der Waals surface area contributed by atoms with Crippen LogP contribution in [0.25, 0.3) is 17.2 Å². The molecule has 1 heterocycles. The van der Waals surface area contributed by atoms with Gasteiger partial charge in [0.2, 0.25) is 0 Å². The van der Waals surface area contributed by atoms with E-state index in [1.807, 2.05) is 12.1 Å². The molecule has 0 bridgehead atoms. The molecule has 8 heteroatoms. The minimum atomic E-state index is -1.05. The summed E-state index contributed by atoms with van der Waals surface area (Å²) in [5.74, 6) is -1.35. The first kappa shape index (κ1) is 25.2. The third-order valence-corrected chi connectivity index (χ3v) is 4.75. The predicted molar refractivity (Wildman–Crippen MR) is 134 cm³/mol. The number of alkyl carbamates (subject to hydrolysis) is 1. The number of ether oxygens (including phenoxy) is 1. The SMILES string of the molecule is CC(C)(C)OC(=O)NCc1ccc(C(=O)Nc2ccncc2)cc1-c1cccc(/C=C/C(=O)O)c1. The summed E-state index contributed by atoms with van der Waals surface area (Å²) in [6, 6.07) is 15.8. The molecule has 3 aromatic rings. The zero-order valence-corrected chi connectivity index (χ0v) is 19.7. The normalized spacial score (nSPS) is 11.2. The Kier molecular flexibility index (Phi) is 7.99. The van der Waals surface area contributed by atoms with E-state index in [9.17, 15) is 14.4 Å². The van der Waals surface area contributed by atoms with E-state index in [2.05, 4.69) is 15.6 Å². The molecule has 0 saturated carbocycles. The van der Waals surface area contributed by atoms with Crippen LogP contribution in [-0.4, -0.2) is 33.7 Å². The molecule has 3 rings (SSSR count). The number of aliphatic carboxylic acids is 1. The average Bonchev–Trinajstić information content (AvgIpc) is 2.81. The number of nitrogens with one attached hydrogen (secondary N) is 2. The number of carbonyl (C=O) groups is 3. The Hall–Kier alpha value is -4.46. The summed E-state index contributed by atoms with van der Waals surface area (Å²) in [5.41, 5.74) is 3.32. The van der Waals surface area contributed by atoms with Crippen molar-refractivity contribution in [3.8, 4) is 11.1 Å².